The Bertz CT molecular complexity index is 331. The summed E-state index contributed by atoms with van der Waals surface area (Å²) in [5.41, 5.74) is 1.89. The number of benzene rings is 1. The van der Waals surface area contributed by atoms with E-state index in [1.807, 2.05) is 0 Å². The van der Waals surface area contributed by atoms with Gasteiger partial charge in [0.25, 0.3) is 0 Å². The number of hydrogen-bond acceptors (Lipinski definition) is 2. The summed E-state index contributed by atoms with van der Waals surface area (Å²) in [7, 11) is 0. The van der Waals surface area contributed by atoms with Crippen molar-refractivity contribution in [2.75, 3.05) is 0 Å². The third kappa shape index (κ3) is 1.26. The molecule has 0 aromatic heterocycles. The predicted octanol–water partition coefficient (Wildman–Crippen LogP) is 2.54. The third-order valence-corrected chi connectivity index (χ3v) is 2.87. The summed E-state index contributed by atoms with van der Waals surface area (Å²) in [4.78, 5) is 0. The van der Waals surface area contributed by atoms with Crippen molar-refractivity contribution in [3.05, 3.63) is 23.3 Å². The number of hydrogen-bond donors (Lipinski definition) is 2. The van der Waals surface area contributed by atoms with E-state index in [0.29, 0.717) is 17.4 Å². The molecule has 1 atom stereocenters. The second-order valence-electron chi connectivity index (χ2n) is 3.79. The Morgan fingerprint density at radius 1 is 1.23 bits per heavy atom. The Balaban J connectivity index is 2.60. The molecule has 2 rings (SSSR count). The standard InChI is InChI=1S/C11H14O2/c1-7-3-2-4-8-9(12)5-6-10(13)11(7)8/h5-7,12-13H,2-4H2,1H3. The Labute approximate surface area is 77.8 Å². The van der Waals surface area contributed by atoms with E-state index in [4.69, 9.17) is 0 Å². The van der Waals surface area contributed by atoms with Gasteiger partial charge in [0, 0.05) is 11.1 Å². The molecule has 70 valence electrons. The Morgan fingerprint density at radius 3 is 2.62 bits per heavy atom. The zero-order valence-corrected chi connectivity index (χ0v) is 7.75. The molecule has 1 aliphatic rings. The summed E-state index contributed by atoms with van der Waals surface area (Å²) in [5.74, 6) is 1.04. The molecule has 0 fully saturated rings. The van der Waals surface area contributed by atoms with Crippen LogP contribution in [0, 0.1) is 0 Å². The van der Waals surface area contributed by atoms with Gasteiger partial charge in [0.15, 0.2) is 0 Å². The van der Waals surface area contributed by atoms with Crippen molar-refractivity contribution in [2.24, 2.45) is 0 Å². The molecule has 2 heteroatoms. The molecule has 1 aromatic carbocycles. The van der Waals surface area contributed by atoms with Gasteiger partial charge in [-0.2, -0.15) is 0 Å². The van der Waals surface area contributed by atoms with E-state index in [2.05, 4.69) is 6.92 Å². The summed E-state index contributed by atoms with van der Waals surface area (Å²) in [6.45, 7) is 2.09. The quantitative estimate of drug-likeness (QED) is 0.599. The van der Waals surface area contributed by atoms with Crippen molar-refractivity contribution in [1.29, 1.82) is 0 Å². The average molecular weight is 178 g/mol. The van der Waals surface area contributed by atoms with Gasteiger partial charge in [0.2, 0.25) is 0 Å². The predicted molar refractivity (Wildman–Crippen MR) is 51.1 cm³/mol. The highest BCUT2D eigenvalue weighted by molar-refractivity contribution is 5.50. The topological polar surface area (TPSA) is 40.5 Å². The lowest BCUT2D eigenvalue weighted by molar-refractivity contribution is 0.429. The molecule has 0 amide bonds. The zero-order chi connectivity index (χ0) is 9.42. The van der Waals surface area contributed by atoms with Crippen LogP contribution in [-0.4, -0.2) is 10.2 Å². The van der Waals surface area contributed by atoms with Crippen molar-refractivity contribution in [2.45, 2.75) is 32.1 Å². The van der Waals surface area contributed by atoms with Crippen molar-refractivity contribution in [3.8, 4) is 11.5 Å². The second-order valence-corrected chi connectivity index (χ2v) is 3.79. The van der Waals surface area contributed by atoms with E-state index < -0.39 is 0 Å². The summed E-state index contributed by atoms with van der Waals surface area (Å²) < 4.78 is 0. The van der Waals surface area contributed by atoms with Crippen LogP contribution < -0.4 is 0 Å². The molecule has 0 heterocycles. The number of phenols is 2. The molecule has 2 N–H and O–H groups in total. The lowest BCUT2D eigenvalue weighted by atomic mass is 9.83. The van der Waals surface area contributed by atoms with Gasteiger partial charge in [-0.25, -0.2) is 0 Å². The first-order valence-electron chi connectivity index (χ1n) is 4.74. The third-order valence-electron chi connectivity index (χ3n) is 2.87. The molecule has 1 aromatic rings. The van der Waals surface area contributed by atoms with E-state index in [1.165, 1.54) is 0 Å². The zero-order valence-electron chi connectivity index (χ0n) is 7.75. The summed E-state index contributed by atoms with van der Waals surface area (Å²) in [6.07, 6.45) is 3.09. The molecule has 0 spiro atoms. The number of rotatable bonds is 0. The van der Waals surface area contributed by atoms with Crippen LogP contribution >= 0.6 is 0 Å². The Kier molecular flexibility index (Phi) is 1.91. The van der Waals surface area contributed by atoms with Gasteiger partial charge >= 0.3 is 0 Å². The maximum atomic E-state index is 9.64. The maximum absolute atomic E-state index is 9.64. The number of aromatic hydroxyl groups is 2. The molecule has 13 heavy (non-hydrogen) atoms. The SMILES string of the molecule is CC1CCCc2c(O)ccc(O)c21. The first-order valence-corrected chi connectivity index (χ1v) is 4.74. The van der Waals surface area contributed by atoms with Crippen LogP contribution in [0.4, 0.5) is 0 Å². The van der Waals surface area contributed by atoms with Gasteiger partial charge in [-0.3, -0.25) is 0 Å². The molecule has 0 saturated carbocycles. The van der Waals surface area contributed by atoms with Crippen molar-refractivity contribution in [3.63, 3.8) is 0 Å². The molecule has 0 bridgehead atoms. The smallest absolute Gasteiger partial charge is 0.119 e. The van der Waals surface area contributed by atoms with Gasteiger partial charge in [-0.05, 0) is 37.3 Å². The van der Waals surface area contributed by atoms with Crippen LogP contribution in [0.5, 0.6) is 11.5 Å². The number of fused-ring (bicyclic) bond motifs is 1. The fourth-order valence-corrected chi connectivity index (χ4v) is 2.18. The van der Waals surface area contributed by atoms with Gasteiger partial charge in [-0.1, -0.05) is 6.92 Å². The Hall–Kier alpha value is -1.18. The summed E-state index contributed by atoms with van der Waals surface area (Å²) in [6, 6.07) is 3.15. The first-order chi connectivity index (χ1) is 6.20. The maximum Gasteiger partial charge on any atom is 0.119 e. The van der Waals surface area contributed by atoms with E-state index in [1.54, 1.807) is 12.1 Å². The van der Waals surface area contributed by atoms with Crippen molar-refractivity contribution in [1.82, 2.24) is 0 Å². The van der Waals surface area contributed by atoms with Crippen LogP contribution in [0.15, 0.2) is 12.1 Å². The highest BCUT2D eigenvalue weighted by Gasteiger charge is 2.22. The highest BCUT2D eigenvalue weighted by atomic mass is 16.3. The van der Waals surface area contributed by atoms with Gasteiger partial charge in [0.1, 0.15) is 11.5 Å². The van der Waals surface area contributed by atoms with Crippen molar-refractivity contribution >= 4 is 0 Å². The van der Waals surface area contributed by atoms with Gasteiger partial charge in [-0.15, -0.1) is 0 Å². The monoisotopic (exact) mass is 178 g/mol. The van der Waals surface area contributed by atoms with E-state index in [-0.39, 0.29) is 0 Å². The largest absolute Gasteiger partial charge is 0.508 e. The van der Waals surface area contributed by atoms with E-state index in [0.717, 1.165) is 30.4 Å². The van der Waals surface area contributed by atoms with Gasteiger partial charge in [0.05, 0.1) is 0 Å². The second kappa shape index (κ2) is 2.95. The lowest BCUT2D eigenvalue weighted by Gasteiger charge is -2.23. The van der Waals surface area contributed by atoms with Crippen LogP contribution in [0.3, 0.4) is 0 Å². The van der Waals surface area contributed by atoms with E-state index >= 15 is 0 Å². The van der Waals surface area contributed by atoms with Crippen LogP contribution in [0.25, 0.3) is 0 Å². The molecule has 0 saturated heterocycles. The molecule has 1 aliphatic carbocycles. The minimum absolute atomic E-state index is 0.333. The molecular weight excluding hydrogens is 164 g/mol. The van der Waals surface area contributed by atoms with Crippen LogP contribution in [-0.2, 0) is 6.42 Å². The van der Waals surface area contributed by atoms with Crippen LogP contribution in [0.2, 0.25) is 0 Å². The molecule has 1 unspecified atom stereocenters. The molecule has 0 radical (unpaired) electrons. The molecule has 0 aliphatic heterocycles. The highest BCUT2D eigenvalue weighted by Crippen LogP contribution is 2.40. The van der Waals surface area contributed by atoms with Gasteiger partial charge < -0.3 is 10.2 Å². The normalized spacial score (nSPS) is 21.2. The fraction of sp³-hybridized carbons (Fsp3) is 0.455. The molecular formula is C11H14O2. The minimum Gasteiger partial charge on any atom is -0.508 e. The van der Waals surface area contributed by atoms with Crippen molar-refractivity contribution < 1.29 is 10.2 Å². The first kappa shape index (κ1) is 8.42. The van der Waals surface area contributed by atoms with Crippen LogP contribution in [0.1, 0.15) is 36.8 Å². The fourth-order valence-electron chi connectivity index (χ4n) is 2.18. The summed E-state index contributed by atoms with van der Waals surface area (Å²) in [5, 5.41) is 19.2. The number of phenolic OH excluding ortho intramolecular Hbond substituents is 2. The molecule has 2 nitrogen and oxygen atoms in total. The van der Waals surface area contributed by atoms with E-state index in [9.17, 15) is 10.2 Å². The minimum atomic E-state index is 0.333. The lowest BCUT2D eigenvalue weighted by Crippen LogP contribution is -2.07. The average Bonchev–Trinajstić information content (AvgIpc) is 2.12. The summed E-state index contributed by atoms with van der Waals surface area (Å²) >= 11 is 0. The Morgan fingerprint density at radius 2 is 1.92 bits per heavy atom.